The number of likely N-dealkylation sites (N-methyl/N-ethyl adjacent to an activating group) is 1. The highest BCUT2D eigenvalue weighted by Crippen LogP contribution is 2.17. The number of nitrogens with zero attached hydrogens (tertiary/aromatic N) is 5. The van der Waals surface area contributed by atoms with Crippen LogP contribution in [0.3, 0.4) is 0 Å². The monoisotopic (exact) mass is 330 g/mol. The van der Waals surface area contributed by atoms with E-state index in [2.05, 4.69) is 32.2 Å². The van der Waals surface area contributed by atoms with Crippen LogP contribution in [0.15, 0.2) is 12.3 Å². The summed E-state index contributed by atoms with van der Waals surface area (Å²) in [5.41, 5.74) is 4.12. The molecular weight excluding hydrogens is 304 g/mol. The Balaban J connectivity index is 1.83. The van der Waals surface area contributed by atoms with Gasteiger partial charge in [0.1, 0.15) is 0 Å². The molecule has 1 aliphatic rings. The summed E-state index contributed by atoms with van der Waals surface area (Å²) in [6.07, 6.45) is 1.90. The van der Waals surface area contributed by atoms with Crippen molar-refractivity contribution in [2.45, 2.75) is 20.4 Å². The van der Waals surface area contributed by atoms with Crippen LogP contribution in [0, 0.1) is 19.8 Å². The van der Waals surface area contributed by atoms with Gasteiger partial charge >= 0.3 is 0 Å². The summed E-state index contributed by atoms with van der Waals surface area (Å²) in [4.78, 5) is 21.3. The lowest BCUT2D eigenvalue weighted by molar-refractivity contribution is -0.125. The van der Waals surface area contributed by atoms with Crippen LogP contribution in [0.4, 0.5) is 0 Å². The van der Waals surface area contributed by atoms with Crippen molar-refractivity contribution in [1.29, 1.82) is 0 Å². The van der Waals surface area contributed by atoms with E-state index in [1.807, 2.05) is 30.6 Å². The molecule has 1 fully saturated rings. The van der Waals surface area contributed by atoms with Gasteiger partial charge in [-0.3, -0.25) is 9.69 Å². The molecule has 3 heterocycles. The normalized spacial score (nSPS) is 20.2. The molecule has 0 spiro atoms. The minimum atomic E-state index is -0.0132. The Morgan fingerprint density at radius 1 is 1.33 bits per heavy atom. The van der Waals surface area contributed by atoms with E-state index in [0.29, 0.717) is 0 Å². The second-order valence-electron chi connectivity index (χ2n) is 6.75. The molecule has 1 unspecified atom stereocenters. The van der Waals surface area contributed by atoms with E-state index in [1.54, 1.807) is 7.05 Å². The first-order valence-electron chi connectivity index (χ1n) is 8.41. The molecule has 2 aromatic rings. The second-order valence-corrected chi connectivity index (χ2v) is 6.75. The number of nitrogens with one attached hydrogen (secondary N) is 1. The molecule has 7 heteroatoms. The molecule has 2 aromatic heterocycles. The Bertz CT molecular complexity index is 740. The lowest BCUT2D eigenvalue weighted by atomic mass is 10.1. The van der Waals surface area contributed by atoms with Crippen molar-refractivity contribution in [1.82, 2.24) is 29.7 Å². The Morgan fingerprint density at radius 2 is 2.12 bits per heavy atom. The molecule has 0 aromatic carbocycles. The van der Waals surface area contributed by atoms with Gasteiger partial charge < -0.3 is 10.2 Å². The maximum absolute atomic E-state index is 12.1. The van der Waals surface area contributed by atoms with Crippen LogP contribution in [0.5, 0.6) is 0 Å². The maximum Gasteiger partial charge on any atom is 0.225 e. The topological polar surface area (TPSA) is 65.8 Å². The minimum absolute atomic E-state index is 0.0132. The van der Waals surface area contributed by atoms with E-state index in [-0.39, 0.29) is 11.8 Å². The van der Waals surface area contributed by atoms with Crippen molar-refractivity contribution in [3.8, 4) is 0 Å². The van der Waals surface area contributed by atoms with E-state index in [9.17, 15) is 4.79 Å². The molecule has 0 saturated carbocycles. The first-order valence-corrected chi connectivity index (χ1v) is 8.41. The number of aryl methyl sites for hydroxylation is 2. The molecule has 3 rings (SSSR count). The summed E-state index contributed by atoms with van der Waals surface area (Å²) in [6.45, 7) is 8.26. The Kier molecular flexibility index (Phi) is 4.82. The number of carbonyl (C=O) groups excluding carboxylic acids is 1. The van der Waals surface area contributed by atoms with Gasteiger partial charge in [0.2, 0.25) is 5.91 Å². The van der Waals surface area contributed by atoms with Crippen LogP contribution >= 0.6 is 0 Å². The van der Waals surface area contributed by atoms with Gasteiger partial charge in [-0.05, 0) is 27.0 Å². The van der Waals surface area contributed by atoms with Crippen LogP contribution in [-0.2, 0) is 11.3 Å². The van der Waals surface area contributed by atoms with Crippen molar-refractivity contribution in [3.63, 3.8) is 0 Å². The van der Waals surface area contributed by atoms with Crippen LogP contribution in [0.25, 0.3) is 5.65 Å². The Labute approximate surface area is 142 Å². The van der Waals surface area contributed by atoms with Gasteiger partial charge in [-0.1, -0.05) is 0 Å². The van der Waals surface area contributed by atoms with Gasteiger partial charge in [-0.15, -0.1) is 0 Å². The molecule has 1 atom stereocenters. The van der Waals surface area contributed by atoms with E-state index in [1.165, 1.54) is 0 Å². The number of fused-ring (bicyclic) bond motifs is 1. The molecular formula is C17H26N6O. The van der Waals surface area contributed by atoms with Crippen LogP contribution < -0.4 is 5.32 Å². The molecule has 130 valence electrons. The van der Waals surface area contributed by atoms with Crippen LogP contribution in [0.2, 0.25) is 0 Å². The third kappa shape index (κ3) is 3.42. The Hall–Kier alpha value is -1.99. The highest BCUT2D eigenvalue weighted by molar-refractivity contribution is 5.78. The van der Waals surface area contributed by atoms with Crippen molar-refractivity contribution in [2.24, 2.45) is 5.92 Å². The second kappa shape index (κ2) is 6.86. The molecule has 0 radical (unpaired) electrons. The highest BCUT2D eigenvalue weighted by atomic mass is 16.1. The number of hydrogen-bond donors (Lipinski definition) is 1. The SMILES string of the molecule is CNC(=O)C1CN(C)CCN(Cc2cnn3c(C)cc(C)nc23)C1. The Morgan fingerprint density at radius 3 is 2.88 bits per heavy atom. The van der Waals surface area contributed by atoms with Gasteiger partial charge in [0.25, 0.3) is 0 Å². The summed E-state index contributed by atoms with van der Waals surface area (Å²) in [5.74, 6) is 0.0965. The third-order valence-corrected chi connectivity index (χ3v) is 4.67. The minimum Gasteiger partial charge on any atom is -0.359 e. The van der Waals surface area contributed by atoms with Crippen molar-refractivity contribution in [2.75, 3.05) is 40.3 Å². The largest absolute Gasteiger partial charge is 0.359 e. The lowest BCUT2D eigenvalue weighted by Crippen LogP contribution is -2.39. The standard InChI is InChI=1S/C17H26N6O/c1-12-7-13(2)23-16(20-12)14(8-19-23)10-22-6-5-21(4)9-15(11-22)17(24)18-3/h7-8,15H,5-6,9-11H2,1-4H3,(H,18,24). The van der Waals surface area contributed by atoms with Gasteiger partial charge in [0.05, 0.1) is 12.1 Å². The number of amides is 1. The molecule has 0 bridgehead atoms. The average molecular weight is 330 g/mol. The first kappa shape index (κ1) is 16.9. The number of rotatable bonds is 3. The molecule has 1 amide bonds. The highest BCUT2D eigenvalue weighted by Gasteiger charge is 2.26. The zero-order chi connectivity index (χ0) is 17.3. The summed E-state index contributed by atoms with van der Waals surface area (Å²) < 4.78 is 1.89. The zero-order valence-corrected chi connectivity index (χ0v) is 14.9. The van der Waals surface area contributed by atoms with E-state index in [4.69, 9.17) is 0 Å². The summed E-state index contributed by atoms with van der Waals surface area (Å²) in [6, 6.07) is 2.03. The van der Waals surface area contributed by atoms with Crippen LogP contribution in [-0.4, -0.2) is 70.6 Å². The first-order chi connectivity index (χ1) is 11.5. The van der Waals surface area contributed by atoms with E-state index >= 15 is 0 Å². The predicted molar refractivity (Wildman–Crippen MR) is 92.8 cm³/mol. The summed E-state index contributed by atoms with van der Waals surface area (Å²) >= 11 is 0. The lowest BCUT2D eigenvalue weighted by Gasteiger charge is -2.22. The fraction of sp³-hybridized carbons (Fsp3) is 0.588. The zero-order valence-electron chi connectivity index (χ0n) is 14.9. The fourth-order valence-corrected chi connectivity index (χ4v) is 3.42. The number of carbonyl (C=O) groups is 1. The third-order valence-electron chi connectivity index (χ3n) is 4.67. The molecule has 1 saturated heterocycles. The van der Waals surface area contributed by atoms with Gasteiger partial charge in [0.15, 0.2) is 5.65 Å². The molecule has 0 aliphatic carbocycles. The van der Waals surface area contributed by atoms with Gasteiger partial charge in [0, 0.05) is 56.7 Å². The average Bonchev–Trinajstić information content (AvgIpc) is 2.83. The van der Waals surface area contributed by atoms with Gasteiger partial charge in [-0.2, -0.15) is 5.10 Å². The van der Waals surface area contributed by atoms with Crippen molar-refractivity contribution < 1.29 is 4.79 Å². The predicted octanol–water partition coefficient (Wildman–Crippen LogP) is 0.456. The summed E-state index contributed by atoms with van der Waals surface area (Å²) in [5, 5.41) is 7.26. The smallest absolute Gasteiger partial charge is 0.225 e. The molecule has 24 heavy (non-hydrogen) atoms. The molecule has 7 nitrogen and oxygen atoms in total. The molecule has 1 aliphatic heterocycles. The number of aromatic nitrogens is 3. The van der Waals surface area contributed by atoms with Crippen molar-refractivity contribution >= 4 is 11.6 Å². The number of hydrogen-bond acceptors (Lipinski definition) is 5. The fourth-order valence-electron chi connectivity index (χ4n) is 3.42. The van der Waals surface area contributed by atoms with Crippen LogP contribution in [0.1, 0.15) is 17.0 Å². The van der Waals surface area contributed by atoms with Gasteiger partial charge in [-0.25, -0.2) is 9.50 Å². The summed E-state index contributed by atoms with van der Waals surface area (Å²) in [7, 11) is 3.78. The van der Waals surface area contributed by atoms with Crippen molar-refractivity contribution in [3.05, 3.63) is 29.2 Å². The molecule has 1 N–H and O–H groups in total. The maximum atomic E-state index is 12.1. The van der Waals surface area contributed by atoms with E-state index in [0.717, 1.165) is 55.3 Å². The van der Waals surface area contributed by atoms with E-state index < -0.39 is 0 Å². The quantitative estimate of drug-likeness (QED) is 0.885.